The first-order valence-electron chi connectivity index (χ1n) is 11.1. The SMILES string of the molecule is O=C1CSc2ccc(C(=O)N3CCN(C(c4ccc(F)cc4)c4ccc(F)cc4)CC3)cc2N1. The van der Waals surface area contributed by atoms with Crippen LogP contribution in [0.3, 0.4) is 0 Å². The fraction of sp³-hybridized carbons (Fsp3) is 0.231. The maximum Gasteiger partial charge on any atom is 0.254 e. The summed E-state index contributed by atoms with van der Waals surface area (Å²) in [7, 11) is 0. The maximum atomic E-state index is 13.5. The van der Waals surface area contributed by atoms with Crippen molar-refractivity contribution in [3.8, 4) is 0 Å². The zero-order valence-corrected chi connectivity index (χ0v) is 19.2. The van der Waals surface area contributed by atoms with Crippen molar-refractivity contribution < 1.29 is 18.4 Å². The molecule has 8 heteroatoms. The second kappa shape index (κ2) is 9.56. The van der Waals surface area contributed by atoms with Crippen molar-refractivity contribution in [1.29, 1.82) is 0 Å². The van der Waals surface area contributed by atoms with Gasteiger partial charge in [0.1, 0.15) is 11.6 Å². The van der Waals surface area contributed by atoms with Gasteiger partial charge in [-0.1, -0.05) is 24.3 Å². The smallest absolute Gasteiger partial charge is 0.254 e. The number of piperazine rings is 1. The molecule has 0 aromatic heterocycles. The monoisotopic (exact) mass is 479 g/mol. The molecule has 5 nitrogen and oxygen atoms in total. The van der Waals surface area contributed by atoms with Crippen molar-refractivity contribution in [2.45, 2.75) is 10.9 Å². The van der Waals surface area contributed by atoms with Gasteiger partial charge in [0.15, 0.2) is 0 Å². The third-order valence-electron chi connectivity index (χ3n) is 6.20. The van der Waals surface area contributed by atoms with E-state index in [0.29, 0.717) is 43.2 Å². The third kappa shape index (κ3) is 4.69. The molecule has 0 radical (unpaired) electrons. The normalized spacial score (nSPS) is 16.3. The van der Waals surface area contributed by atoms with Crippen molar-refractivity contribution in [2.75, 3.05) is 37.2 Å². The quantitative estimate of drug-likeness (QED) is 0.596. The van der Waals surface area contributed by atoms with Crippen LogP contribution in [0.25, 0.3) is 0 Å². The highest BCUT2D eigenvalue weighted by Gasteiger charge is 2.29. The third-order valence-corrected chi connectivity index (χ3v) is 7.27. The van der Waals surface area contributed by atoms with Crippen molar-refractivity contribution in [3.63, 3.8) is 0 Å². The lowest BCUT2D eigenvalue weighted by molar-refractivity contribution is -0.113. The molecule has 3 aromatic rings. The van der Waals surface area contributed by atoms with Crippen LogP contribution in [0.4, 0.5) is 14.5 Å². The molecule has 0 spiro atoms. The standard InChI is InChI=1S/C26H23F2N3O2S/c27-20-6-1-17(2-7-20)25(18-3-8-21(28)9-4-18)30-11-13-31(14-12-30)26(33)19-5-10-23-22(15-19)29-24(32)16-34-23/h1-10,15,25H,11-14,16H2,(H,29,32). The van der Waals surface area contributed by atoms with Gasteiger partial charge < -0.3 is 10.2 Å². The Morgan fingerprint density at radius 3 is 2.03 bits per heavy atom. The van der Waals surface area contributed by atoms with E-state index in [-0.39, 0.29) is 29.5 Å². The van der Waals surface area contributed by atoms with Gasteiger partial charge in [0.05, 0.1) is 17.5 Å². The second-order valence-electron chi connectivity index (χ2n) is 8.38. The van der Waals surface area contributed by atoms with E-state index in [1.165, 1.54) is 36.0 Å². The first-order chi connectivity index (χ1) is 16.5. The molecule has 0 saturated carbocycles. The van der Waals surface area contributed by atoms with Gasteiger partial charge in [-0.25, -0.2) is 8.78 Å². The number of hydrogen-bond acceptors (Lipinski definition) is 4. The van der Waals surface area contributed by atoms with E-state index in [1.807, 2.05) is 11.0 Å². The maximum absolute atomic E-state index is 13.5. The molecule has 2 aliphatic heterocycles. The van der Waals surface area contributed by atoms with Gasteiger partial charge in [0.2, 0.25) is 5.91 Å². The van der Waals surface area contributed by atoms with E-state index in [9.17, 15) is 18.4 Å². The Morgan fingerprint density at radius 1 is 0.853 bits per heavy atom. The summed E-state index contributed by atoms with van der Waals surface area (Å²) in [6.07, 6.45) is 0. The van der Waals surface area contributed by atoms with Crippen LogP contribution in [-0.4, -0.2) is 53.5 Å². The van der Waals surface area contributed by atoms with Crippen LogP contribution in [0.2, 0.25) is 0 Å². The lowest BCUT2D eigenvalue weighted by Crippen LogP contribution is -2.49. The number of amides is 2. The second-order valence-corrected chi connectivity index (χ2v) is 9.40. The van der Waals surface area contributed by atoms with Gasteiger partial charge in [-0.2, -0.15) is 0 Å². The molecule has 2 aliphatic rings. The van der Waals surface area contributed by atoms with Crippen molar-refractivity contribution in [1.82, 2.24) is 9.80 Å². The lowest BCUT2D eigenvalue weighted by atomic mass is 9.96. The number of carbonyl (C=O) groups is 2. The van der Waals surface area contributed by atoms with Crippen LogP contribution in [0.1, 0.15) is 27.5 Å². The average Bonchev–Trinajstić information content (AvgIpc) is 2.86. The molecule has 0 unspecified atom stereocenters. The fourth-order valence-electron chi connectivity index (χ4n) is 4.49. The Kier molecular flexibility index (Phi) is 6.34. The van der Waals surface area contributed by atoms with Crippen molar-refractivity contribution in [3.05, 3.63) is 95.1 Å². The molecule has 0 aliphatic carbocycles. The summed E-state index contributed by atoms with van der Waals surface area (Å²) in [4.78, 5) is 29.9. The number of rotatable bonds is 4. The number of benzene rings is 3. The molecule has 2 amide bonds. The molecule has 1 fully saturated rings. The molecule has 0 bridgehead atoms. The molecular weight excluding hydrogens is 456 g/mol. The molecular formula is C26H23F2N3O2S. The predicted octanol–water partition coefficient (Wildman–Crippen LogP) is 4.56. The van der Waals surface area contributed by atoms with E-state index in [4.69, 9.17) is 0 Å². The molecule has 1 N–H and O–H groups in total. The Hall–Kier alpha value is -3.23. The van der Waals surface area contributed by atoms with Gasteiger partial charge in [0, 0.05) is 36.6 Å². The Balaban J connectivity index is 1.33. The van der Waals surface area contributed by atoms with Crippen LogP contribution in [0, 0.1) is 11.6 Å². The minimum absolute atomic E-state index is 0.0664. The molecule has 2 heterocycles. The average molecular weight is 480 g/mol. The number of thioether (sulfide) groups is 1. The van der Waals surface area contributed by atoms with E-state index in [0.717, 1.165) is 16.0 Å². The van der Waals surface area contributed by atoms with Gasteiger partial charge in [-0.15, -0.1) is 11.8 Å². The van der Waals surface area contributed by atoms with Crippen LogP contribution in [0.5, 0.6) is 0 Å². The van der Waals surface area contributed by atoms with Gasteiger partial charge in [0.25, 0.3) is 5.91 Å². The molecule has 3 aromatic carbocycles. The first kappa shape index (κ1) is 22.6. The molecule has 174 valence electrons. The number of carbonyl (C=O) groups excluding carboxylic acids is 2. The van der Waals surface area contributed by atoms with Gasteiger partial charge in [-0.05, 0) is 53.6 Å². The number of anilines is 1. The van der Waals surface area contributed by atoms with E-state index >= 15 is 0 Å². The predicted molar refractivity (Wildman–Crippen MR) is 128 cm³/mol. The summed E-state index contributed by atoms with van der Waals surface area (Å²) in [6, 6.07) is 18.0. The molecule has 34 heavy (non-hydrogen) atoms. The summed E-state index contributed by atoms with van der Waals surface area (Å²) in [6.45, 7) is 2.28. The van der Waals surface area contributed by atoms with Crippen molar-refractivity contribution >= 4 is 29.3 Å². The number of nitrogens with one attached hydrogen (secondary N) is 1. The zero-order chi connectivity index (χ0) is 23.7. The minimum atomic E-state index is -0.309. The largest absolute Gasteiger partial charge is 0.336 e. The molecule has 1 saturated heterocycles. The highest BCUT2D eigenvalue weighted by molar-refractivity contribution is 8.00. The number of hydrogen-bond donors (Lipinski definition) is 1. The lowest BCUT2D eigenvalue weighted by Gasteiger charge is -2.40. The highest BCUT2D eigenvalue weighted by atomic mass is 32.2. The van der Waals surface area contributed by atoms with Gasteiger partial charge in [-0.3, -0.25) is 14.5 Å². The van der Waals surface area contributed by atoms with Gasteiger partial charge >= 0.3 is 0 Å². The molecule has 0 atom stereocenters. The zero-order valence-electron chi connectivity index (χ0n) is 18.3. The Morgan fingerprint density at radius 2 is 1.44 bits per heavy atom. The number of fused-ring (bicyclic) bond motifs is 1. The number of nitrogens with zero attached hydrogens (tertiary/aromatic N) is 2. The highest BCUT2D eigenvalue weighted by Crippen LogP contribution is 2.33. The Labute approximate surface area is 200 Å². The minimum Gasteiger partial charge on any atom is -0.336 e. The van der Waals surface area contributed by atoms with E-state index < -0.39 is 0 Å². The summed E-state index contributed by atoms with van der Waals surface area (Å²) in [5.41, 5.74) is 3.05. The Bertz CT molecular complexity index is 1160. The van der Waals surface area contributed by atoms with E-state index in [1.54, 1.807) is 36.4 Å². The summed E-state index contributed by atoms with van der Waals surface area (Å²) in [5.74, 6) is -0.380. The fourth-order valence-corrected chi connectivity index (χ4v) is 5.27. The van der Waals surface area contributed by atoms with E-state index in [2.05, 4.69) is 10.2 Å². The van der Waals surface area contributed by atoms with Crippen LogP contribution in [0.15, 0.2) is 71.6 Å². The van der Waals surface area contributed by atoms with Crippen LogP contribution >= 0.6 is 11.8 Å². The topological polar surface area (TPSA) is 52.7 Å². The first-order valence-corrected chi connectivity index (χ1v) is 12.1. The summed E-state index contributed by atoms with van der Waals surface area (Å²) in [5, 5.41) is 2.83. The summed E-state index contributed by atoms with van der Waals surface area (Å²) < 4.78 is 27.1. The summed E-state index contributed by atoms with van der Waals surface area (Å²) >= 11 is 1.46. The van der Waals surface area contributed by atoms with Crippen molar-refractivity contribution in [2.24, 2.45) is 0 Å². The van der Waals surface area contributed by atoms with Crippen LogP contribution < -0.4 is 5.32 Å². The molecule has 5 rings (SSSR count). The number of halogens is 2. The van der Waals surface area contributed by atoms with Crippen LogP contribution in [-0.2, 0) is 4.79 Å².